The number of amides is 3. The van der Waals surface area contributed by atoms with Gasteiger partial charge in [-0.15, -0.1) is 0 Å². The second-order valence-electron chi connectivity index (χ2n) is 5.24. The number of imide groups is 1. The average Bonchev–Trinajstić information content (AvgIpc) is 3.31. The highest BCUT2D eigenvalue weighted by atomic mass is 35.5. The largest absolute Gasteiger partial charge is 0.477 e. The lowest BCUT2D eigenvalue weighted by molar-refractivity contribution is -0.154. The van der Waals surface area contributed by atoms with Gasteiger partial charge in [0.1, 0.15) is 5.75 Å². The van der Waals surface area contributed by atoms with Crippen LogP contribution >= 0.6 is 23.2 Å². The summed E-state index contributed by atoms with van der Waals surface area (Å²) < 4.78 is 10.2. The van der Waals surface area contributed by atoms with Gasteiger partial charge in [-0.3, -0.25) is 10.1 Å². The van der Waals surface area contributed by atoms with E-state index in [1.165, 1.54) is 19.1 Å². The molecule has 9 heteroatoms. The first-order valence-corrected chi connectivity index (χ1v) is 7.99. The lowest BCUT2D eigenvalue weighted by Gasteiger charge is -2.15. The van der Waals surface area contributed by atoms with Crippen molar-refractivity contribution in [3.63, 3.8) is 0 Å². The van der Waals surface area contributed by atoms with E-state index in [1.807, 2.05) is 0 Å². The van der Waals surface area contributed by atoms with Crippen LogP contribution in [0.25, 0.3) is 0 Å². The lowest BCUT2D eigenvalue weighted by Crippen LogP contribution is -2.42. The Morgan fingerprint density at radius 2 is 2.00 bits per heavy atom. The first kappa shape index (κ1) is 18.4. The number of carbonyl (C=O) groups is 3. The molecule has 1 aliphatic rings. The summed E-state index contributed by atoms with van der Waals surface area (Å²) in [5.41, 5.74) is 0. The lowest BCUT2D eigenvalue weighted by atomic mass is 10.3. The van der Waals surface area contributed by atoms with Crippen LogP contribution in [0, 0.1) is 0 Å². The average molecular weight is 375 g/mol. The Morgan fingerprint density at radius 3 is 2.62 bits per heavy atom. The molecule has 0 spiro atoms. The molecule has 0 aliphatic heterocycles. The summed E-state index contributed by atoms with van der Waals surface area (Å²) in [6.45, 7) is 0.865. The smallest absolute Gasteiger partial charge is 0.347 e. The van der Waals surface area contributed by atoms with Crippen molar-refractivity contribution in [1.29, 1.82) is 0 Å². The van der Waals surface area contributed by atoms with E-state index in [9.17, 15) is 14.4 Å². The Hall–Kier alpha value is -1.99. The van der Waals surface area contributed by atoms with Crippen LogP contribution in [0.4, 0.5) is 4.79 Å². The van der Waals surface area contributed by atoms with E-state index in [0.717, 1.165) is 12.8 Å². The highest BCUT2D eigenvalue weighted by Gasteiger charge is 2.24. The zero-order chi connectivity index (χ0) is 17.7. The molecule has 2 N–H and O–H groups in total. The van der Waals surface area contributed by atoms with Gasteiger partial charge in [-0.1, -0.05) is 23.2 Å². The SMILES string of the molecule is C[C@@H](Oc1ccc(Cl)cc1Cl)C(=O)OCC(=O)NC(=O)NC1CC1. The van der Waals surface area contributed by atoms with Gasteiger partial charge in [-0.2, -0.15) is 0 Å². The minimum Gasteiger partial charge on any atom is -0.477 e. The van der Waals surface area contributed by atoms with Crippen LogP contribution in [0.15, 0.2) is 18.2 Å². The maximum Gasteiger partial charge on any atom is 0.347 e. The number of hydrogen-bond acceptors (Lipinski definition) is 5. The topological polar surface area (TPSA) is 93.7 Å². The summed E-state index contributed by atoms with van der Waals surface area (Å²) in [5.74, 6) is -1.23. The first-order valence-electron chi connectivity index (χ1n) is 7.24. The molecule has 1 saturated carbocycles. The second-order valence-corrected chi connectivity index (χ2v) is 6.08. The molecular weight excluding hydrogens is 359 g/mol. The van der Waals surface area contributed by atoms with Gasteiger partial charge in [-0.25, -0.2) is 9.59 Å². The van der Waals surface area contributed by atoms with Crippen molar-refractivity contribution < 1.29 is 23.9 Å². The molecule has 130 valence electrons. The molecule has 0 saturated heterocycles. The number of ether oxygens (including phenoxy) is 2. The Balaban J connectivity index is 1.74. The third kappa shape index (κ3) is 5.90. The van der Waals surface area contributed by atoms with Crippen molar-refractivity contribution in [3.05, 3.63) is 28.2 Å². The molecule has 24 heavy (non-hydrogen) atoms. The van der Waals surface area contributed by atoms with Gasteiger partial charge >= 0.3 is 12.0 Å². The van der Waals surface area contributed by atoms with Crippen LogP contribution in [-0.2, 0) is 14.3 Å². The zero-order valence-electron chi connectivity index (χ0n) is 12.8. The molecule has 1 aromatic carbocycles. The van der Waals surface area contributed by atoms with Crippen molar-refractivity contribution >= 4 is 41.1 Å². The zero-order valence-corrected chi connectivity index (χ0v) is 14.3. The molecule has 1 atom stereocenters. The number of urea groups is 1. The normalized spacial score (nSPS) is 14.5. The molecule has 7 nitrogen and oxygen atoms in total. The summed E-state index contributed by atoms with van der Waals surface area (Å²) in [4.78, 5) is 34.7. The van der Waals surface area contributed by atoms with Crippen molar-refractivity contribution in [2.45, 2.75) is 31.9 Å². The summed E-state index contributed by atoms with van der Waals surface area (Å²) in [5, 5.41) is 5.33. The van der Waals surface area contributed by atoms with Crippen molar-refractivity contribution in [3.8, 4) is 5.75 Å². The maximum absolute atomic E-state index is 11.8. The number of nitrogens with one attached hydrogen (secondary N) is 2. The molecule has 0 heterocycles. The fraction of sp³-hybridized carbons (Fsp3) is 0.400. The molecule has 0 radical (unpaired) electrons. The third-order valence-electron chi connectivity index (χ3n) is 3.04. The van der Waals surface area contributed by atoms with E-state index in [-0.39, 0.29) is 16.8 Å². The molecule has 1 fully saturated rings. The number of esters is 1. The van der Waals surface area contributed by atoms with E-state index >= 15 is 0 Å². The van der Waals surface area contributed by atoms with E-state index in [2.05, 4.69) is 10.6 Å². The summed E-state index contributed by atoms with van der Waals surface area (Å²) in [7, 11) is 0. The van der Waals surface area contributed by atoms with Gasteiger partial charge in [0.25, 0.3) is 5.91 Å². The molecule has 3 amide bonds. The van der Waals surface area contributed by atoms with Gasteiger partial charge in [-0.05, 0) is 38.0 Å². The van der Waals surface area contributed by atoms with E-state index in [1.54, 1.807) is 6.07 Å². The van der Waals surface area contributed by atoms with Crippen LogP contribution in [-0.4, -0.2) is 36.7 Å². The Morgan fingerprint density at radius 1 is 1.29 bits per heavy atom. The standard InChI is InChI=1S/C15H16Cl2N2O5/c1-8(24-12-5-2-9(16)6-11(12)17)14(21)23-7-13(20)19-15(22)18-10-3-4-10/h2,5-6,8,10H,3-4,7H2,1H3,(H2,18,19,20,22)/t8-/m1/s1. The molecule has 1 aromatic rings. The molecule has 0 bridgehead atoms. The summed E-state index contributed by atoms with van der Waals surface area (Å²) >= 11 is 11.7. The number of hydrogen-bond donors (Lipinski definition) is 2. The number of rotatable bonds is 6. The Labute approximate surface area is 148 Å². The van der Waals surface area contributed by atoms with Crippen LogP contribution in [0.5, 0.6) is 5.75 Å². The van der Waals surface area contributed by atoms with Crippen LogP contribution in [0.3, 0.4) is 0 Å². The van der Waals surface area contributed by atoms with Gasteiger partial charge < -0.3 is 14.8 Å². The molecule has 1 aliphatic carbocycles. The van der Waals surface area contributed by atoms with E-state index in [0.29, 0.717) is 5.02 Å². The summed E-state index contributed by atoms with van der Waals surface area (Å²) in [6.07, 6.45) is 0.814. The predicted molar refractivity (Wildman–Crippen MR) is 87.2 cm³/mol. The number of halogens is 2. The van der Waals surface area contributed by atoms with Crippen molar-refractivity contribution in [2.75, 3.05) is 6.61 Å². The minimum atomic E-state index is -0.989. The molecule has 0 aromatic heterocycles. The number of carbonyl (C=O) groups excluding carboxylic acids is 3. The summed E-state index contributed by atoms with van der Waals surface area (Å²) in [6, 6.07) is 4.08. The first-order chi connectivity index (χ1) is 11.3. The van der Waals surface area contributed by atoms with Crippen molar-refractivity contribution in [1.82, 2.24) is 10.6 Å². The van der Waals surface area contributed by atoms with Crippen LogP contribution < -0.4 is 15.4 Å². The monoisotopic (exact) mass is 374 g/mol. The van der Waals surface area contributed by atoms with Gasteiger partial charge in [0, 0.05) is 11.1 Å². The van der Waals surface area contributed by atoms with Crippen LogP contribution in [0.2, 0.25) is 10.0 Å². The quantitative estimate of drug-likeness (QED) is 0.745. The third-order valence-corrected chi connectivity index (χ3v) is 3.57. The molecular formula is C15H16Cl2N2O5. The molecule has 0 unspecified atom stereocenters. The second kappa shape index (κ2) is 8.21. The van der Waals surface area contributed by atoms with E-state index in [4.69, 9.17) is 32.7 Å². The van der Waals surface area contributed by atoms with Gasteiger partial charge in [0.2, 0.25) is 0 Å². The van der Waals surface area contributed by atoms with Crippen LogP contribution in [0.1, 0.15) is 19.8 Å². The maximum atomic E-state index is 11.8. The van der Waals surface area contributed by atoms with Gasteiger partial charge in [0.05, 0.1) is 5.02 Å². The van der Waals surface area contributed by atoms with E-state index < -0.39 is 30.6 Å². The highest BCUT2D eigenvalue weighted by Crippen LogP contribution is 2.28. The number of benzene rings is 1. The predicted octanol–water partition coefficient (Wildman–Crippen LogP) is 2.29. The fourth-order valence-corrected chi connectivity index (χ4v) is 2.13. The Kier molecular flexibility index (Phi) is 6.28. The minimum absolute atomic E-state index is 0.123. The fourth-order valence-electron chi connectivity index (χ4n) is 1.68. The molecule has 2 rings (SSSR count). The highest BCUT2D eigenvalue weighted by molar-refractivity contribution is 6.35. The van der Waals surface area contributed by atoms with Crippen molar-refractivity contribution in [2.24, 2.45) is 0 Å². The Bertz CT molecular complexity index is 649. The van der Waals surface area contributed by atoms with Gasteiger partial charge in [0.15, 0.2) is 12.7 Å².